The summed E-state index contributed by atoms with van der Waals surface area (Å²) in [6.45, 7) is 8.96. The molecule has 21 heavy (non-hydrogen) atoms. The Labute approximate surface area is 135 Å². The zero-order valence-corrected chi connectivity index (χ0v) is 12.5. The fourth-order valence-electron chi connectivity index (χ4n) is 1.70. The average molecular weight is 295 g/mol. The van der Waals surface area contributed by atoms with E-state index in [4.69, 9.17) is 6.57 Å². The van der Waals surface area contributed by atoms with Crippen molar-refractivity contribution in [2.24, 2.45) is 0 Å². The average Bonchev–Trinajstić information content (AvgIpc) is 2.42. The van der Waals surface area contributed by atoms with Crippen LogP contribution >= 0.6 is 0 Å². The van der Waals surface area contributed by atoms with Gasteiger partial charge in [0.1, 0.15) is 21.0 Å². The van der Waals surface area contributed by atoms with Crippen LogP contribution in [0, 0.1) is 24.7 Å². The van der Waals surface area contributed by atoms with Crippen LogP contribution in [0.4, 0.5) is 4.39 Å². The Morgan fingerprint density at radius 3 is 2.05 bits per heavy atom. The molecule has 3 nitrogen and oxygen atoms in total. The minimum Gasteiger partial charge on any atom is -0.437 e. The molecule has 0 bridgehead atoms. The molecule has 0 radical (unpaired) electrons. The summed E-state index contributed by atoms with van der Waals surface area (Å²) in [7, 11) is -3.89. The number of sulfone groups is 1. The smallest absolute Gasteiger partial charge is 0.437 e. The van der Waals surface area contributed by atoms with Crippen LogP contribution in [0.15, 0.2) is 53.4 Å². The molecule has 0 N–H and O–H groups in total. The van der Waals surface area contributed by atoms with Crippen molar-refractivity contribution in [2.45, 2.75) is 11.8 Å². The quantitative estimate of drug-likeness (QED) is 0.606. The SMILES string of the molecule is [C-]#[N+][C-](c1ccc(F)cc1)S(=O)(=O)c1ccc(C)cc1.[Li+]. The van der Waals surface area contributed by atoms with Crippen molar-refractivity contribution < 1.29 is 31.7 Å². The second-order valence-electron chi connectivity index (χ2n) is 4.24. The van der Waals surface area contributed by atoms with Gasteiger partial charge in [-0.1, -0.05) is 35.4 Å². The van der Waals surface area contributed by atoms with Gasteiger partial charge in [0.25, 0.3) is 0 Å². The van der Waals surface area contributed by atoms with Gasteiger partial charge in [-0.2, -0.15) is 0 Å². The van der Waals surface area contributed by atoms with Gasteiger partial charge in [0.2, 0.25) is 0 Å². The number of hydrogen-bond acceptors (Lipinski definition) is 2. The summed E-state index contributed by atoms with van der Waals surface area (Å²) in [6.07, 6.45) is 0. The van der Waals surface area contributed by atoms with Crippen LogP contribution in [-0.2, 0) is 9.84 Å². The van der Waals surface area contributed by atoms with Crippen LogP contribution < -0.4 is 18.9 Å². The Morgan fingerprint density at radius 2 is 1.57 bits per heavy atom. The molecule has 0 amide bonds. The van der Waals surface area contributed by atoms with E-state index in [1.54, 1.807) is 12.1 Å². The van der Waals surface area contributed by atoms with E-state index in [9.17, 15) is 12.8 Å². The van der Waals surface area contributed by atoms with Gasteiger partial charge in [0.05, 0.1) is 0 Å². The van der Waals surface area contributed by atoms with Gasteiger partial charge in [0, 0.05) is 4.90 Å². The maximum atomic E-state index is 12.9. The molecule has 0 atom stereocenters. The Kier molecular flexibility index (Phi) is 5.63. The first-order chi connectivity index (χ1) is 9.45. The van der Waals surface area contributed by atoms with Crippen molar-refractivity contribution in [3.05, 3.63) is 82.3 Å². The zero-order chi connectivity index (χ0) is 14.8. The van der Waals surface area contributed by atoms with Gasteiger partial charge in [-0.15, -0.1) is 0 Å². The molecule has 2 aromatic rings. The van der Waals surface area contributed by atoms with Gasteiger partial charge in [-0.3, -0.25) is 6.57 Å². The summed E-state index contributed by atoms with van der Waals surface area (Å²) in [6, 6.07) is 11.1. The van der Waals surface area contributed by atoms with E-state index >= 15 is 0 Å². The van der Waals surface area contributed by atoms with Gasteiger partial charge in [-0.25, -0.2) is 12.8 Å². The van der Waals surface area contributed by atoms with Crippen molar-refractivity contribution >= 4 is 9.84 Å². The predicted molar refractivity (Wildman–Crippen MR) is 73.7 cm³/mol. The summed E-state index contributed by atoms with van der Waals surface area (Å²) in [5.41, 5.74) is 1.11. The number of nitrogens with zero attached hydrogens (tertiary/aromatic N) is 1. The molecule has 0 aliphatic rings. The minimum absolute atomic E-state index is 0. The van der Waals surface area contributed by atoms with E-state index in [-0.39, 0.29) is 29.3 Å². The van der Waals surface area contributed by atoms with Gasteiger partial charge < -0.3 is 4.85 Å². The van der Waals surface area contributed by atoms with E-state index in [1.165, 1.54) is 24.3 Å². The molecule has 0 aliphatic carbocycles. The largest absolute Gasteiger partial charge is 1.00 e. The number of aryl methyl sites for hydroxylation is 1. The van der Waals surface area contributed by atoms with Crippen LogP contribution in [0.3, 0.4) is 0 Å². The molecule has 0 aromatic heterocycles. The van der Waals surface area contributed by atoms with Gasteiger partial charge in [0.15, 0.2) is 0 Å². The first-order valence-electron chi connectivity index (χ1n) is 5.77. The topological polar surface area (TPSA) is 38.5 Å². The molecule has 0 fully saturated rings. The van der Waals surface area contributed by atoms with Crippen LogP contribution in [0.1, 0.15) is 11.1 Å². The zero-order valence-electron chi connectivity index (χ0n) is 11.7. The van der Waals surface area contributed by atoms with Crippen LogP contribution in [0.2, 0.25) is 0 Å². The van der Waals surface area contributed by atoms with Crippen molar-refractivity contribution in [3.8, 4) is 0 Å². The van der Waals surface area contributed by atoms with Crippen molar-refractivity contribution in [2.75, 3.05) is 0 Å². The number of hydrogen-bond donors (Lipinski definition) is 0. The standard InChI is InChI=1S/C15H11FNO2S.Li/c1-11-3-9-14(10-4-11)20(18,19)15(17-2)12-5-7-13(16)8-6-12;/h3-10H,1H3;/q-1;+1. The third-order valence-electron chi connectivity index (χ3n) is 2.78. The molecule has 0 saturated heterocycles. The molecule has 0 unspecified atom stereocenters. The third-order valence-corrected chi connectivity index (χ3v) is 4.51. The second kappa shape index (κ2) is 6.82. The summed E-state index contributed by atoms with van der Waals surface area (Å²) in [4.78, 5) is 3.17. The Hall–Kier alpha value is -1.72. The summed E-state index contributed by atoms with van der Waals surface area (Å²) in [5.74, 6) is -0.481. The fourth-order valence-corrected chi connectivity index (χ4v) is 2.99. The predicted octanol–water partition coefficient (Wildman–Crippen LogP) is 0.369. The van der Waals surface area contributed by atoms with Crippen molar-refractivity contribution in [1.82, 2.24) is 0 Å². The molecular formula is C15H11FLiNO2S. The molecule has 0 spiro atoms. The summed E-state index contributed by atoms with van der Waals surface area (Å²) >= 11 is 0. The maximum absolute atomic E-state index is 12.9. The fraction of sp³-hybridized carbons (Fsp3) is 0.0667. The number of rotatable bonds is 3. The Morgan fingerprint density at radius 1 is 1.05 bits per heavy atom. The van der Waals surface area contributed by atoms with Crippen molar-refractivity contribution in [1.29, 1.82) is 0 Å². The molecule has 0 saturated carbocycles. The molecule has 0 heterocycles. The molecular weight excluding hydrogens is 284 g/mol. The van der Waals surface area contributed by atoms with Gasteiger partial charge in [-0.05, 0) is 31.2 Å². The molecule has 6 heteroatoms. The summed E-state index contributed by atoms with van der Waals surface area (Å²) < 4.78 is 37.7. The van der Waals surface area contributed by atoms with Gasteiger partial charge >= 0.3 is 18.9 Å². The molecule has 0 aliphatic heterocycles. The van der Waals surface area contributed by atoms with Crippen LogP contribution in [0.5, 0.6) is 0 Å². The van der Waals surface area contributed by atoms with E-state index < -0.39 is 21.0 Å². The van der Waals surface area contributed by atoms with E-state index in [1.807, 2.05) is 6.92 Å². The van der Waals surface area contributed by atoms with E-state index in [0.717, 1.165) is 17.7 Å². The minimum atomic E-state index is -3.89. The monoisotopic (exact) mass is 295 g/mol. The molecule has 102 valence electrons. The molecule has 2 aromatic carbocycles. The third kappa shape index (κ3) is 3.68. The first kappa shape index (κ1) is 17.3. The van der Waals surface area contributed by atoms with E-state index in [2.05, 4.69) is 4.85 Å². The van der Waals surface area contributed by atoms with E-state index in [0.29, 0.717) is 0 Å². The Bertz CT molecular complexity index is 750. The van der Waals surface area contributed by atoms with Crippen molar-refractivity contribution in [3.63, 3.8) is 0 Å². The maximum Gasteiger partial charge on any atom is 1.00 e. The normalized spacial score (nSPS) is 10.3. The summed E-state index contributed by atoms with van der Waals surface area (Å²) in [5, 5.41) is -0.402. The van der Waals surface area contributed by atoms with Crippen LogP contribution in [-0.4, -0.2) is 8.42 Å². The second-order valence-corrected chi connectivity index (χ2v) is 6.11. The van der Waals surface area contributed by atoms with Crippen LogP contribution in [0.25, 0.3) is 4.85 Å². The molecule has 2 rings (SSSR count). The Balaban J connectivity index is 0.00000220. The first-order valence-corrected chi connectivity index (χ1v) is 7.25. The number of benzene rings is 2. The number of halogens is 1.